The summed E-state index contributed by atoms with van der Waals surface area (Å²) in [5.74, 6) is -0.648. The maximum atomic E-state index is 13.7. The number of amides is 2. The van der Waals surface area contributed by atoms with Crippen molar-refractivity contribution in [3.05, 3.63) is 65.2 Å². The van der Waals surface area contributed by atoms with Crippen molar-refractivity contribution in [1.82, 2.24) is 10.2 Å². The van der Waals surface area contributed by atoms with E-state index in [1.54, 1.807) is 19.1 Å². The Morgan fingerprint density at radius 1 is 1.00 bits per heavy atom. The molecule has 2 amide bonds. The molecule has 2 aromatic carbocycles. The van der Waals surface area contributed by atoms with Gasteiger partial charge in [-0.05, 0) is 50.3 Å². The standard InChI is InChI=1S/C27H39N3O4S/c1-8-21(5)28-27(32)22(6)29(17-23-13-11-12-20(4)16-23)26(31)18-30(35(7,33)34)25-15-10-9-14-24(25)19(2)3/h9-16,19,21-22H,8,17-18H2,1-7H3,(H,28,32). The molecule has 7 nitrogen and oxygen atoms in total. The topological polar surface area (TPSA) is 86.8 Å². The lowest BCUT2D eigenvalue weighted by Crippen LogP contribution is -2.52. The van der Waals surface area contributed by atoms with Gasteiger partial charge in [-0.2, -0.15) is 0 Å². The van der Waals surface area contributed by atoms with E-state index in [1.165, 1.54) is 4.90 Å². The van der Waals surface area contributed by atoms with Gasteiger partial charge in [0.1, 0.15) is 12.6 Å². The van der Waals surface area contributed by atoms with E-state index in [4.69, 9.17) is 0 Å². The molecule has 0 heterocycles. The molecule has 35 heavy (non-hydrogen) atoms. The number of carbonyl (C=O) groups excluding carboxylic acids is 2. The van der Waals surface area contributed by atoms with Crippen molar-refractivity contribution >= 4 is 27.5 Å². The van der Waals surface area contributed by atoms with Crippen LogP contribution in [-0.4, -0.2) is 50.0 Å². The Labute approximate surface area is 210 Å². The first-order chi connectivity index (χ1) is 16.3. The van der Waals surface area contributed by atoms with Gasteiger partial charge in [0, 0.05) is 12.6 Å². The zero-order valence-corrected chi connectivity index (χ0v) is 22.7. The molecule has 2 unspecified atom stereocenters. The minimum absolute atomic E-state index is 0.0358. The number of carbonyl (C=O) groups is 2. The predicted molar refractivity (Wildman–Crippen MR) is 142 cm³/mol. The third-order valence-electron chi connectivity index (χ3n) is 6.11. The van der Waals surface area contributed by atoms with E-state index in [2.05, 4.69) is 5.32 Å². The number of anilines is 1. The van der Waals surface area contributed by atoms with Gasteiger partial charge in [0.25, 0.3) is 0 Å². The normalized spacial score (nSPS) is 13.3. The van der Waals surface area contributed by atoms with E-state index in [0.717, 1.165) is 33.7 Å². The Balaban J connectivity index is 2.45. The number of rotatable bonds is 11. The molecule has 2 rings (SSSR count). The fourth-order valence-corrected chi connectivity index (χ4v) is 4.72. The molecule has 0 aliphatic heterocycles. The summed E-state index contributed by atoms with van der Waals surface area (Å²) in [7, 11) is -3.77. The van der Waals surface area contributed by atoms with Gasteiger partial charge in [-0.3, -0.25) is 13.9 Å². The number of hydrogen-bond donors (Lipinski definition) is 1. The minimum Gasteiger partial charge on any atom is -0.352 e. The molecule has 0 spiro atoms. The van der Waals surface area contributed by atoms with Gasteiger partial charge in [-0.25, -0.2) is 8.42 Å². The number of para-hydroxylation sites is 1. The van der Waals surface area contributed by atoms with Crippen LogP contribution in [-0.2, 0) is 26.2 Å². The molecule has 0 saturated heterocycles. The highest BCUT2D eigenvalue weighted by atomic mass is 32.2. The monoisotopic (exact) mass is 501 g/mol. The number of aryl methyl sites for hydroxylation is 1. The van der Waals surface area contributed by atoms with Crippen LogP contribution in [0.2, 0.25) is 0 Å². The van der Waals surface area contributed by atoms with Crippen molar-refractivity contribution in [2.24, 2.45) is 0 Å². The lowest BCUT2D eigenvalue weighted by molar-refractivity contribution is -0.139. The van der Waals surface area contributed by atoms with Crippen molar-refractivity contribution in [2.75, 3.05) is 17.1 Å². The van der Waals surface area contributed by atoms with Crippen LogP contribution in [0.25, 0.3) is 0 Å². The lowest BCUT2D eigenvalue weighted by Gasteiger charge is -2.32. The average Bonchev–Trinajstić information content (AvgIpc) is 2.79. The third kappa shape index (κ3) is 7.82. The predicted octanol–water partition coefficient (Wildman–Crippen LogP) is 4.22. The molecule has 0 aromatic heterocycles. The van der Waals surface area contributed by atoms with Gasteiger partial charge in [0.2, 0.25) is 21.8 Å². The van der Waals surface area contributed by atoms with Gasteiger partial charge in [-0.15, -0.1) is 0 Å². The van der Waals surface area contributed by atoms with Crippen LogP contribution in [0.1, 0.15) is 63.6 Å². The van der Waals surface area contributed by atoms with E-state index in [9.17, 15) is 18.0 Å². The summed E-state index contributed by atoms with van der Waals surface area (Å²) in [6.07, 6.45) is 1.86. The van der Waals surface area contributed by atoms with Gasteiger partial charge in [0.15, 0.2) is 0 Å². The molecule has 0 fully saturated rings. The molecule has 0 radical (unpaired) electrons. The summed E-state index contributed by atoms with van der Waals surface area (Å²) in [5, 5.41) is 2.94. The zero-order chi connectivity index (χ0) is 26.3. The van der Waals surface area contributed by atoms with Gasteiger partial charge in [0.05, 0.1) is 11.9 Å². The van der Waals surface area contributed by atoms with Crippen LogP contribution < -0.4 is 9.62 Å². The quantitative estimate of drug-likeness (QED) is 0.500. The fraction of sp³-hybridized carbons (Fsp3) is 0.481. The van der Waals surface area contributed by atoms with Gasteiger partial charge >= 0.3 is 0 Å². The molecule has 2 aromatic rings. The van der Waals surface area contributed by atoms with Crippen molar-refractivity contribution in [1.29, 1.82) is 0 Å². The van der Waals surface area contributed by atoms with E-state index in [1.807, 2.05) is 71.0 Å². The second-order valence-electron chi connectivity index (χ2n) is 9.49. The number of hydrogen-bond acceptors (Lipinski definition) is 4. The fourth-order valence-electron chi connectivity index (χ4n) is 3.85. The maximum Gasteiger partial charge on any atom is 0.244 e. The summed E-state index contributed by atoms with van der Waals surface area (Å²) >= 11 is 0. The molecule has 0 bridgehead atoms. The molecular weight excluding hydrogens is 462 g/mol. The third-order valence-corrected chi connectivity index (χ3v) is 7.24. The molecule has 2 atom stereocenters. The molecule has 0 aliphatic carbocycles. The first-order valence-electron chi connectivity index (χ1n) is 12.1. The average molecular weight is 502 g/mol. The van der Waals surface area contributed by atoms with Crippen LogP contribution in [0.3, 0.4) is 0 Å². The molecular formula is C27H39N3O4S. The Bertz CT molecular complexity index is 1130. The zero-order valence-electron chi connectivity index (χ0n) is 21.9. The number of nitrogens with one attached hydrogen (secondary N) is 1. The van der Waals surface area contributed by atoms with Crippen LogP contribution in [0.5, 0.6) is 0 Å². The van der Waals surface area contributed by atoms with Gasteiger partial charge in [-0.1, -0.05) is 68.8 Å². The Hall–Kier alpha value is -2.87. The lowest BCUT2D eigenvalue weighted by atomic mass is 10.0. The summed E-state index contributed by atoms with van der Waals surface area (Å²) in [6, 6.07) is 14.1. The van der Waals surface area contributed by atoms with Gasteiger partial charge < -0.3 is 10.2 Å². The Morgan fingerprint density at radius 3 is 2.23 bits per heavy atom. The maximum absolute atomic E-state index is 13.7. The first-order valence-corrected chi connectivity index (χ1v) is 13.9. The molecule has 192 valence electrons. The summed E-state index contributed by atoms with van der Waals surface area (Å²) < 4.78 is 26.8. The SMILES string of the molecule is CCC(C)NC(=O)C(C)N(Cc1cccc(C)c1)C(=O)CN(c1ccccc1C(C)C)S(C)(=O)=O. The van der Waals surface area contributed by atoms with E-state index >= 15 is 0 Å². The highest BCUT2D eigenvalue weighted by Crippen LogP contribution is 2.29. The van der Waals surface area contributed by atoms with Crippen molar-refractivity contribution in [3.8, 4) is 0 Å². The second kappa shape index (κ2) is 12.2. The van der Waals surface area contributed by atoms with Crippen molar-refractivity contribution in [3.63, 3.8) is 0 Å². The second-order valence-corrected chi connectivity index (χ2v) is 11.4. The first kappa shape index (κ1) is 28.4. The van der Waals surface area contributed by atoms with Crippen LogP contribution >= 0.6 is 0 Å². The summed E-state index contributed by atoms with van der Waals surface area (Å²) in [4.78, 5) is 28.1. The van der Waals surface area contributed by atoms with Crippen LogP contribution in [0.15, 0.2) is 48.5 Å². The summed E-state index contributed by atoms with van der Waals surface area (Å²) in [6.45, 7) is 11.3. The van der Waals surface area contributed by atoms with Crippen LogP contribution in [0.4, 0.5) is 5.69 Å². The van der Waals surface area contributed by atoms with E-state index in [0.29, 0.717) is 5.69 Å². The van der Waals surface area contributed by atoms with Crippen LogP contribution in [0, 0.1) is 6.92 Å². The highest BCUT2D eigenvalue weighted by molar-refractivity contribution is 7.92. The molecule has 8 heteroatoms. The van der Waals surface area contributed by atoms with Crippen molar-refractivity contribution < 1.29 is 18.0 Å². The van der Waals surface area contributed by atoms with Crippen molar-refractivity contribution in [2.45, 2.75) is 72.5 Å². The highest BCUT2D eigenvalue weighted by Gasteiger charge is 2.31. The summed E-state index contributed by atoms with van der Waals surface area (Å²) in [5.41, 5.74) is 3.22. The number of nitrogens with zero attached hydrogens (tertiary/aromatic N) is 2. The molecule has 0 saturated carbocycles. The van der Waals surface area contributed by atoms with E-state index in [-0.39, 0.29) is 24.4 Å². The number of sulfonamides is 1. The Kier molecular flexibility index (Phi) is 9.89. The molecule has 1 N–H and O–H groups in total. The smallest absolute Gasteiger partial charge is 0.244 e. The van der Waals surface area contributed by atoms with E-state index < -0.39 is 28.5 Å². The number of benzene rings is 2. The Morgan fingerprint density at radius 2 is 1.66 bits per heavy atom. The minimum atomic E-state index is -3.77. The largest absolute Gasteiger partial charge is 0.352 e. The molecule has 0 aliphatic rings.